The Morgan fingerprint density at radius 2 is 1.72 bits per heavy atom. The number of benzene rings is 1. The minimum absolute atomic E-state index is 0.209. The molecule has 8 heteroatoms. The van der Waals surface area contributed by atoms with Gasteiger partial charge in [-0.15, -0.1) is 0 Å². The number of nitrogens with zero attached hydrogens (tertiary/aromatic N) is 2. The number of ether oxygens (including phenoxy) is 1. The standard InChI is InChI=1S/C21H30N4O3S/c1-28-18(26)15-16-5-7-17(8-6-16)23-20(29)24-13-9-21(10-14-24,19(22)27)25-11-3-2-4-12-25/h5-8H,2-4,9-15H2,1H3,(H2,22,27)(H,23,29). The highest BCUT2D eigenvalue weighted by Gasteiger charge is 2.45. The predicted octanol–water partition coefficient (Wildman–Crippen LogP) is 1.90. The number of likely N-dealkylation sites (tertiary alicyclic amines) is 2. The fraction of sp³-hybridized carbons (Fsp3) is 0.571. The topological polar surface area (TPSA) is 87.9 Å². The van der Waals surface area contributed by atoms with E-state index in [1.54, 1.807) is 0 Å². The number of amides is 1. The summed E-state index contributed by atoms with van der Waals surface area (Å²) < 4.78 is 4.69. The monoisotopic (exact) mass is 418 g/mol. The van der Waals surface area contributed by atoms with Crippen LogP contribution in [0.3, 0.4) is 0 Å². The molecule has 3 N–H and O–H groups in total. The number of rotatable bonds is 5. The molecule has 0 saturated carbocycles. The lowest BCUT2D eigenvalue weighted by Gasteiger charge is -2.48. The normalized spacial score (nSPS) is 19.4. The Hall–Kier alpha value is -2.19. The van der Waals surface area contributed by atoms with E-state index in [4.69, 9.17) is 18.0 Å². The highest BCUT2D eigenvalue weighted by molar-refractivity contribution is 7.80. The second kappa shape index (κ2) is 9.54. The molecule has 1 aromatic rings. The van der Waals surface area contributed by atoms with E-state index in [0.29, 0.717) is 31.0 Å². The SMILES string of the molecule is COC(=O)Cc1ccc(NC(=S)N2CCC(C(N)=O)(N3CCCCC3)CC2)cc1. The molecule has 1 aromatic carbocycles. The van der Waals surface area contributed by atoms with E-state index in [0.717, 1.165) is 37.2 Å². The lowest BCUT2D eigenvalue weighted by molar-refractivity contribution is -0.139. The van der Waals surface area contributed by atoms with Crippen molar-refractivity contribution in [2.75, 3.05) is 38.6 Å². The van der Waals surface area contributed by atoms with E-state index < -0.39 is 5.54 Å². The molecule has 0 atom stereocenters. The van der Waals surface area contributed by atoms with E-state index >= 15 is 0 Å². The number of anilines is 1. The fourth-order valence-corrected chi connectivity index (χ4v) is 4.57. The highest BCUT2D eigenvalue weighted by Crippen LogP contribution is 2.31. The Morgan fingerprint density at radius 3 is 2.28 bits per heavy atom. The van der Waals surface area contributed by atoms with Crippen LogP contribution in [0.1, 0.15) is 37.7 Å². The summed E-state index contributed by atoms with van der Waals surface area (Å²) >= 11 is 5.59. The molecule has 0 unspecified atom stereocenters. The third-order valence-electron chi connectivity index (χ3n) is 6.08. The lowest BCUT2D eigenvalue weighted by atomic mass is 9.83. The average Bonchev–Trinajstić information content (AvgIpc) is 2.75. The van der Waals surface area contributed by atoms with Gasteiger partial charge < -0.3 is 20.7 Å². The molecule has 2 aliphatic rings. The van der Waals surface area contributed by atoms with Crippen molar-refractivity contribution < 1.29 is 14.3 Å². The van der Waals surface area contributed by atoms with Crippen molar-refractivity contribution in [2.24, 2.45) is 5.73 Å². The molecule has 1 amide bonds. The minimum atomic E-state index is -0.540. The Balaban J connectivity index is 1.56. The molecule has 7 nitrogen and oxygen atoms in total. The smallest absolute Gasteiger partial charge is 0.309 e. The number of primary amides is 1. The molecule has 2 heterocycles. The van der Waals surface area contributed by atoms with Gasteiger partial charge >= 0.3 is 5.97 Å². The molecular weight excluding hydrogens is 388 g/mol. The van der Waals surface area contributed by atoms with Crippen LogP contribution in [0.25, 0.3) is 0 Å². The van der Waals surface area contributed by atoms with Crippen molar-refractivity contribution in [2.45, 2.75) is 44.1 Å². The third-order valence-corrected chi connectivity index (χ3v) is 6.44. The van der Waals surface area contributed by atoms with Gasteiger partial charge in [0.1, 0.15) is 5.54 Å². The number of esters is 1. The van der Waals surface area contributed by atoms with Crippen molar-refractivity contribution in [3.63, 3.8) is 0 Å². The van der Waals surface area contributed by atoms with Gasteiger partial charge in [-0.1, -0.05) is 18.6 Å². The fourth-order valence-electron chi connectivity index (χ4n) is 4.27. The number of hydrogen-bond donors (Lipinski definition) is 2. The van der Waals surface area contributed by atoms with Gasteiger partial charge in [0.25, 0.3) is 0 Å². The quantitative estimate of drug-likeness (QED) is 0.558. The zero-order valence-corrected chi connectivity index (χ0v) is 17.8. The second-order valence-electron chi connectivity index (χ2n) is 7.81. The second-order valence-corrected chi connectivity index (χ2v) is 8.20. The van der Waals surface area contributed by atoms with Crippen LogP contribution in [-0.4, -0.2) is 65.6 Å². The number of piperidine rings is 2. The zero-order chi connectivity index (χ0) is 20.9. The first kappa shape index (κ1) is 21.5. The number of nitrogens with two attached hydrogens (primary N) is 1. The van der Waals surface area contributed by atoms with Crippen LogP contribution in [0, 0.1) is 0 Å². The molecule has 158 valence electrons. The third kappa shape index (κ3) is 5.05. The van der Waals surface area contributed by atoms with E-state index in [2.05, 4.69) is 19.9 Å². The number of carbonyl (C=O) groups is 2. The number of nitrogens with one attached hydrogen (secondary N) is 1. The van der Waals surface area contributed by atoms with Crippen molar-refractivity contribution in [3.05, 3.63) is 29.8 Å². The molecule has 0 bridgehead atoms. The first-order chi connectivity index (χ1) is 13.9. The highest BCUT2D eigenvalue weighted by atomic mass is 32.1. The Kier molecular flexibility index (Phi) is 7.08. The van der Waals surface area contributed by atoms with Crippen molar-refractivity contribution in [3.8, 4) is 0 Å². The molecule has 0 radical (unpaired) electrons. The van der Waals surface area contributed by atoms with Crippen LogP contribution in [0.5, 0.6) is 0 Å². The molecule has 2 fully saturated rings. The van der Waals surface area contributed by atoms with Gasteiger partial charge in [-0.05, 0) is 68.7 Å². The lowest BCUT2D eigenvalue weighted by Crippen LogP contribution is -2.64. The predicted molar refractivity (Wildman–Crippen MR) is 117 cm³/mol. The Labute approximate surface area is 177 Å². The summed E-state index contributed by atoms with van der Waals surface area (Å²) in [6.07, 6.45) is 5.13. The molecule has 0 aromatic heterocycles. The molecule has 2 saturated heterocycles. The first-order valence-electron chi connectivity index (χ1n) is 10.2. The Morgan fingerprint density at radius 1 is 1.10 bits per heavy atom. The van der Waals surface area contributed by atoms with Crippen LogP contribution in [0.2, 0.25) is 0 Å². The van der Waals surface area contributed by atoms with E-state index in [1.807, 2.05) is 24.3 Å². The molecule has 3 rings (SSSR count). The van der Waals surface area contributed by atoms with Crippen molar-refractivity contribution in [1.29, 1.82) is 0 Å². The summed E-state index contributed by atoms with van der Waals surface area (Å²) in [5.41, 5.74) is 7.07. The van der Waals surface area contributed by atoms with Gasteiger partial charge in [0.05, 0.1) is 13.5 Å². The Bertz CT molecular complexity index is 739. The molecular formula is C21H30N4O3S. The van der Waals surface area contributed by atoms with E-state index in [-0.39, 0.29) is 18.3 Å². The summed E-state index contributed by atoms with van der Waals surface area (Å²) in [5, 5.41) is 3.89. The largest absolute Gasteiger partial charge is 0.469 e. The van der Waals surface area contributed by atoms with Crippen molar-refractivity contribution in [1.82, 2.24) is 9.80 Å². The summed E-state index contributed by atoms with van der Waals surface area (Å²) in [4.78, 5) is 28.1. The van der Waals surface area contributed by atoms with Gasteiger partial charge in [-0.3, -0.25) is 14.5 Å². The van der Waals surface area contributed by atoms with Gasteiger partial charge in [0, 0.05) is 18.8 Å². The maximum absolute atomic E-state index is 12.4. The van der Waals surface area contributed by atoms with Crippen LogP contribution >= 0.6 is 12.2 Å². The van der Waals surface area contributed by atoms with Crippen LogP contribution in [0.15, 0.2) is 24.3 Å². The maximum Gasteiger partial charge on any atom is 0.309 e. The number of thiocarbonyl (C=S) groups is 1. The number of carbonyl (C=O) groups excluding carboxylic acids is 2. The van der Waals surface area contributed by atoms with Gasteiger partial charge in [-0.2, -0.15) is 0 Å². The van der Waals surface area contributed by atoms with Crippen LogP contribution in [-0.2, 0) is 20.7 Å². The first-order valence-corrected chi connectivity index (χ1v) is 10.6. The molecule has 0 aliphatic carbocycles. The average molecular weight is 419 g/mol. The molecule has 2 aliphatic heterocycles. The van der Waals surface area contributed by atoms with E-state index in [9.17, 15) is 9.59 Å². The number of methoxy groups -OCH3 is 1. The maximum atomic E-state index is 12.4. The zero-order valence-electron chi connectivity index (χ0n) is 17.0. The van der Waals surface area contributed by atoms with E-state index in [1.165, 1.54) is 13.5 Å². The van der Waals surface area contributed by atoms with Crippen LogP contribution in [0.4, 0.5) is 5.69 Å². The molecule has 0 spiro atoms. The van der Waals surface area contributed by atoms with Gasteiger partial charge in [-0.25, -0.2) is 0 Å². The summed E-state index contributed by atoms with van der Waals surface area (Å²) in [6.45, 7) is 3.30. The van der Waals surface area contributed by atoms with Gasteiger partial charge in [0.2, 0.25) is 5.91 Å². The minimum Gasteiger partial charge on any atom is -0.469 e. The summed E-state index contributed by atoms with van der Waals surface area (Å²) in [6, 6.07) is 7.56. The van der Waals surface area contributed by atoms with Crippen LogP contribution < -0.4 is 11.1 Å². The number of hydrogen-bond acceptors (Lipinski definition) is 5. The summed E-state index contributed by atoms with van der Waals surface area (Å²) in [7, 11) is 1.38. The molecule has 29 heavy (non-hydrogen) atoms. The summed E-state index contributed by atoms with van der Waals surface area (Å²) in [5.74, 6) is -0.472. The van der Waals surface area contributed by atoms with Gasteiger partial charge in [0.15, 0.2) is 5.11 Å². The van der Waals surface area contributed by atoms with Crippen molar-refractivity contribution >= 4 is 34.9 Å².